The zero-order valence-electron chi connectivity index (χ0n) is 16.2. The molecule has 0 unspecified atom stereocenters. The summed E-state index contributed by atoms with van der Waals surface area (Å²) < 4.78 is 18.5. The number of carbonyl (C=O) groups is 2. The number of ether oxygens (including phenoxy) is 1. The highest BCUT2D eigenvalue weighted by molar-refractivity contribution is 5.93. The van der Waals surface area contributed by atoms with Crippen LogP contribution in [0.5, 0.6) is 5.75 Å². The van der Waals surface area contributed by atoms with E-state index >= 15 is 0 Å². The van der Waals surface area contributed by atoms with E-state index in [0.717, 1.165) is 37.0 Å². The smallest absolute Gasteiger partial charge is 0.262 e. The average molecular weight is 386 g/mol. The highest BCUT2D eigenvalue weighted by Crippen LogP contribution is 2.61. The van der Waals surface area contributed by atoms with Crippen molar-refractivity contribution >= 4 is 17.9 Å². The maximum absolute atomic E-state index is 13.7. The molecular weight excluding hydrogens is 359 g/mol. The van der Waals surface area contributed by atoms with Gasteiger partial charge < -0.3 is 4.74 Å². The lowest BCUT2D eigenvalue weighted by molar-refractivity contribution is -0.133. The van der Waals surface area contributed by atoms with Crippen LogP contribution in [0.4, 0.5) is 4.39 Å². The number of rotatable bonds is 5. The van der Waals surface area contributed by atoms with E-state index < -0.39 is 11.7 Å². The SMILES string of the molecule is COc1ccc(/C=C/C(=O)NNC(=O)CC23CC4CC(CC(C4)C2)C3)cc1F. The molecule has 4 bridgehead atoms. The van der Waals surface area contributed by atoms with E-state index in [2.05, 4.69) is 10.9 Å². The molecule has 4 fully saturated rings. The van der Waals surface area contributed by atoms with Crippen molar-refractivity contribution in [3.63, 3.8) is 0 Å². The number of hydrazine groups is 1. The van der Waals surface area contributed by atoms with Gasteiger partial charge >= 0.3 is 0 Å². The molecule has 0 radical (unpaired) electrons. The van der Waals surface area contributed by atoms with E-state index in [1.165, 1.54) is 50.7 Å². The topological polar surface area (TPSA) is 67.4 Å². The number of methoxy groups -OCH3 is 1. The lowest BCUT2D eigenvalue weighted by Gasteiger charge is -2.56. The molecule has 0 saturated heterocycles. The van der Waals surface area contributed by atoms with Gasteiger partial charge in [-0.2, -0.15) is 0 Å². The number of halogens is 1. The molecule has 0 spiro atoms. The second-order valence-electron chi connectivity index (χ2n) is 8.86. The zero-order valence-corrected chi connectivity index (χ0v) is 16.2. The molecule has 2 N–H and O–H groups in total. The second-order valence-corrected chi connectivity index (χ2v) is 8.86. The average Bonchev–Trinajstić information content (AvgIpc) is 2.63. The van der Waals surface area contributed by atoms with Crippen molar-refractivity contribution in [2.24, 2.45) is 23.2 Å². The van der Waals surface area contributed by atoms with Gasteiger partial charge in [0.05, 0.1) is 7.11 Å². The van der Waals surface area contributed by atoms with Gasteiger partial charge in [0.15, 0.2) is 11.6 Å². The van der Waals surface area contributed by atoms with E-state index in [-0.39, 0.29) is 17.1 Å². The molecule has 4 aliphatic carbocycles. The fourth-order valence-corrected chi connectivity index (χ4v) is 6.02. The Morgan fingerprint density at radius 2 is 1.79 bits per heavy atom. The van der Waals surface area contributed by atoms with Crippen LogP contribution in [0, 0.1) is 29.0 Å². The molecule has 4 saturated carbocycles. The maximum atomic E-state index is 13.7. The summed E-state index contributed by atoms with van der Waals surface area (Å²) in [7, 11) is 1.40. The van der Waals surface area contributed by atoms with E-state index in [4.69, 9.17) is 4.74 Å². The lowest BCUT2D eigenvalue weighted by Crippen LogP contribution is -2.49. The Morgan fingerprint density at radius 3 is 2.36 bits per heavy atom. The molecule has 0 aliphatic heterocycles. The minimum absolute atomic E-state index is 0.126. The van der Waals surface area contributed by atoms with Crippen LogP contribution >= 0.6 is 0 Å². The first-order valence-electron chi connectivity index (χ1n) is 10.1. The van der Waals surface area contributed by atoms with Gasteiger partial charge in [-0.05, 0) is 85.5 Å². The molecule has 150 valence electrons. The Hall–Kier alpha value is -2.37. The first kappa shape index (κ1) is 19.0. The first-order valence-corrected chi connectivity index (χ1v) is 10.1. The predicted octanol–water partition coefficient (Wildman–Crippen LogP) is 3.60. The van der Waals surface area contributed by atoms with Gasteiger partial charge in [0.1, 0.15) is 0 Å². The molecule has 2 amide bonds. The number of hydrogen-bond donors (Lipinski definition) is 2. The fourth-order valence-electron chi connectivity index (χ4n) is 6.02. The van der Waals surface area contributed by atoms with Crippen molar-refractivity contribution in [3.05, 3.63) is 35.7 Å². The minimum atomic E-state index is -0.492. The molecule has 0 heterocycles. The lowest BCUT2D eigenvalue weighted by atomic mass is 9.49. The molecule has 0 aromatic heterocycles. The van der Waals surface area contributed by atoms with E-state index in [0.29, 0.717) is 12.0 Å². The van der Waals surface area contributed by atoms with Gasteiger partial charge in [0.25, 0.3) is 5.91 Å². The molecule has 4 aliphatic rings. The van der Waals surface area contributed by atoms with Gasteiger partial charge in [0, 0.05) is 12.5 Å². The van der Waals surface area contributed by atoms with Crippen LogP contribution in [0.15, 0.2) is 24.3 Å². The minimum Gasteiger partial charge on any atom is -0.494 e. The van der Waals surface area contributed by atoms with Crippen LogP contribution in [-0.4, -0.2) is 18.9 Å². The summed E-state index contributed by atoms with van der Waals surface area (Å²) in [6, 6.07) is 4.44. The van der Waals surface area contributed by atoms with Crippen molar-refractivity contribution < 1.29 is 18.7 Å². The quantitative estimate of drug-likeness (QED) is 0.600. The van der Waals surface area contributed by atoms with Crippen molar-refractivity contribution in [1.82, 2.24) is 10.9 Å². The Bertz CT molecular complexity index is 770. The maximum Gasteiger partial charge on any atom is 0.262 e. The van der Waals surface area contributed by atoms with Gasteiger partial charge in [-0.25, -0.2) is 4.39 Å². The Balaban J connectivity index is 1.27. The van der Waals surface area contributed by atoms with Crippen LogP contribution < -0.4 is 15.6 Å². The predicted molar refractivity (Wildman–Crippen MR) is 103 cm³/mol. The summed E-state index contributed by atoms with van der Waals surface area (Å²) in [5.74, 6) is 1.46. The van der Waals surface area contributed by atoms with Crippen molar-refractivity contribution in [3.8, 4) is 5.75 Å². The van der Waals surface area contributed by atoms with Crippen LogP contribution in [-0.2, 0) is 9.59 Å². The van der Waals surface area contributed by atoms with Gasteiger partial charge in [0.2, 0.25) is 5.91 Å². The Morgan fingerprint density at radius 1 is 1.14 bits per heavy atom. The molecule has 28 heavy (non-hydrogen) atoms. The van der Waals surface area contributed by atoms with Gasteiger partial charge in [-0.15, -0.1) is 0 Å². The van der Waals surface area contributed by atoms with E-state index in [9.17, 15) is 14.0 Å². The fraction of sp³-hybridized carbons (Fsp3) is 0.545. The van der Waals surface area contributed by atoms with Crippen molar-refractivity contribution in [1.29, 1.82) is 0 Å². The third-order valence-corrected chi connectivity index (χ3v) is 6.63. The zero-order chi connectivity index (χ0) is 19.7. The number of nitrogens with one attached hydrogen (secondary N) is 2. The Labute approximate surface area is 164 Å². The molecule has 5 nitrogen and oxygen atoms in total. The molecule has 0 atom stereocenters. The van der Waals surface area contributed by atoms with Gasteiger partial charge in [-0.1, -0.05) is 6.07 Å². The van der Waals surface area contributed by atoms with Crippen molar-refractivity contribution in [2.45, 2.75) is 44.9 Å². The van der Waals surface area contributed by atoms with Crippen LogP contribution in [0.2, 0.25) is 0 Å². The summed E-state index contributed by atoms with van der Waals surface area (Å²) >= 11 is 0. The molecular formula is C22H27FN2O3. The summed E-state index contributed by atoms with van der Waals surface area (Å²) in [4.78, 5) is 24.4. The van der Waals surface area contributed by atoms with Crippen LogP contribution in [0.1, 0.15) is 50.5 Å². The monoisotopic (exact) mass is 386 g/mol. The third kappa shape index (κ3) is 4.05. The molecule has 1 aromatic carbocycles. The summed E-state index contributed by atoms with van der Waals surface area (Å²) in [6.45, 7) is 0. The Kier molecular flexibility index (Phi) is 5.13. The van der Waals surface area contributed by atoms with E-state index in [1.54, 1.807) is 6.07 Å². The first-order chi connectivity index (χ1) is 13.4. The molecule has 5 rings (SSSR count). The standard InChI is InChI=1S/C22H27FN2O3/c1-28-19-4-2-14(9-18(19)23)3-5-20(26)24-25-21(27)13-22-10-15-6-16(11-22)8-17(7-15)12-22/h2-5,9,15-17H,6-8,10-13H2,1H3,(H,24,26)(H,25,27)/b5-3+. The second kappa shape index (κ2) is 7.57. The largest absolute Gasteiger partial charge is 0.494 e. The molecule has 6 heteroatoms. The number of amides is 2. The highest BCUT2D eigenvalue weighted by atomic mass is 19.1. The van der Waals surface area contributed by atoms with E-state index in [1.807, 2.05) is 0 Å². The summed E-state index contributed by atoms with van der Waals surface area (Å²) in [6.07, 6.45) is 10.7. The van der Waals surface area contributed by atoms with Crippen LogP contribution in [0.3, 0.4) is 0 Å². The van der Waals surface area contributed by atoms with Crippen molar-refractivity contribution in [2.75, 3.05) is 7.11 Å². The molecule has 1 aromatic rings. The summed E-state index contributed by atoms with van der Waals surface area (Å²) in [5.41, 5.74) is 5.64. The van der Waals surface area contributed by atoms with Gasteiger partial charge in [-0.3, -0.25) is 20.4 Å². The normalized spacial score (nSPS) is 30.4. The number of carbonyl (C=O) groups excluding carboxylic acids is 2. The number of benzene rings is 1. The summed E-state index contributed by atoms with van der Waals surface area (Å²) in [5, 5.41) is 0. The van der Waals surface area contributed by atoms with Crippen LogP contribution in [0.25, 0.3) is 6.08 Å². The third-order valence-electron chi connectivity index (χ3n) is 6.63. The highest BCUT2D eigenvalue weighted by Gasteiger charge is 2.51. The number of hydrogen-bond acceptors (Lipinski definition) is 3.